The highest BCUT2D eigenvalue weighted by Gasteiger charge is 2.30. The second-order valence-corrected chi connectivity index (χ2v) is 27.6. The van der Waals surface area contributed by atoms with Gasteiger partial charge in [-0.1, -0.05) is 267 Å². The van der Waals surface area contributed by atoms with E-state index in [1.807, 2.05) is 0 Å². The number of carbonyl (C=O) groups excluding carboxylic acids is 4. The van der Waals surface area contributed by atoms with Gasteiger partial charge in [0.15, 0.2) is 12.2 Å². The lowest BCUT2D eigenvalue weighted by Gasteiger charge is -2.21. The number of ether oxygens (including phenoxy) is 4. The van der Waals surface area contributed by atoms with Crippen LogP contribution in [0.1, 0.15) is 318 Å². The van der Waals surface area contributed by atoms with Crippen molar-refractivity contribution in [3.05, 3.63) is 0 Å². The van der Waals surface area contributed by atoms with Gasteiger partial charge in [-0.3, -0.25) is 37.3 Å². The summed E-state index contributed by atoms with van der Waals surface area (Å²) in [6.07, 6.45) is 38.2. The number of carbonyl (C=O) groups is 4. The minimum Gasteiger partial charge on any atom is -0.462 e. The van der Waals surface area contributed by atoms with Crippen LogP contribution in [0.3, 0.4) is 0 Å². The number of rotatable bonds is 63. The Morgan fingerprint density at radius 3 is 0.905 bits per heavy atom. The van der Waals surface area contributed by atoms with Crippen molar-refractivity contribution < 1.29 is 80.2 Å². The average Bonchev–Trinajstić information content (AvgIpc) is 3.54. The quantitative estimate of drug-likeness (QED) is 0.0222. The summed E-state index contributed by atoms with van der Waals surface area (Å²) in [6.45, 7) is 11.6. The molecule has 0 radical (unpaired) electrons. The maximum absolute atomic E-state index is 13.0. The number of aliphatic hydroxyl groups is 1. The van der Waals surface area contributed by atoms with Crippen molar-refractivity contribution in [2.75, 3.05) is 39.6 Å². The van der Waals surface area contributed by atoms with Gasteiger partial charge in [-0.25, -0.2) is 9.13 Å². The second kappa shape index (κ2) is 56.3. The minimum atomic E-state index is -4.94. The summed E-state index contributed by atoms with van der Waals surface area (Å²) in [6, 6.07) is 0. The Bertz CT molecular complexity index is 1670. The van der Waals surface area contributed by atoms with Crippen LogP contribution in [0.4, 0.5) is 0 Å². The van der Waals surface area contributed by atoms with E-state index in [1.165, 1.54) is 116 Å². The lowest BCUT2D eigenvalue weighted by Crippen LogP contribution is -2.30. The Labute approximate surface area is 511 Å². The molecule has 0 saturated carbocycles. The Balaban J connectivity index is 5.12. The number of esters is 4. The van der Waals surface area contributed by atoms with Crippen molar-refractivity contribution in [2.24, 2.45) is 17.8 Å². The van der Waals surface area contributed by atoms with Crippen LogP contribution in [-0.2, 0) is 65.4 Å². The molecular weight excluding hydrogens is 1110 g/mol. The molecule has 0 aliphatic carbocycles. The first-order valence-electron chi connectivity index (χ1n) is 33.9. The van der Waals surface area contributed by atoms with Gasteiger partial charge in [-0.05, 0) is 43.4 Å². The van der Waals surface area contributed by atoms with Crippen LogP contribution in [0.25, 0.3) is 0 Å². The lowest BCUT2D eigenvalue weighted by molar-refractivity contribution is -0.161. The first-order chi connectivity index (χ1) is 40.3. The van der Waals surface area contributed by atoms with Gasteiger partial charge in [0, 0.05) is 25.7 Å². The van der Waals surface area contributed by atoms with Gasteiger partial charge in [0.25, 0.3) is 0 Å². The standard InChI is InChI=1S/C65H126O17P2/c1-8-10-11-29-39-46-62(67)75-52-60(82-65(70)49-42-35-28-27-32-38-45-58(7)9-2)54-79-83(71,72)77-50-59(66)51-78-84(73,74)80-55-61(53-76-63(68)47-40-33-26-22-24-31-37-44-57(5)6)81-64(69)48-41-34-25-21-19-17-15-13-12-14-16-18-20-23-30-36-43-56(3)4/h56-61,66H,8-55H2,1-7H3,(H,71,72)(H,73,74)/t58?,59-,60+,61+/m0/s1. The summed E-state index contributed by atoms with van der Waals surface area (Å²) in [4.78, 5) is 72.0. The van der Waals surface area contributed by atoms with Gasteiger partial charge < -0.3 is 33.8 Å². The van der Waals surface area contributed by atoms with E-state index in [0.29, 0.717) is 31.6 Å². The molecule has 0 heterocycles. The number of hydrogen-bond acceptors (Lipinski definition) is 15. The molecule has 0 aliphatic rings. The number of aliphatic hydroxyl groups excluding tert-OH is 1. The minimum absolute atomic E-state index is 0.102. The zero-order valence-electron chi connectivity index (χ0n) is 54.4. The molecule has 19 heteroatoms. The molecule has 3 unspecified atom stereocenters. The van der Waals surface area contributed by atoms with Crippen molar-refractivity contribution in [3.8, 4) is 0 Å². The van der Waals surface area contributed by atoms with E-state index < -0.39 is 97.5 Å². The van der Waals surface area contributed by atoms with E-state index >= 15 is 0 Å². The molecule has 0 spiro atoms. The molecule has 3 N–H and O–H groups in total. The molecule has 0 fully saturated rings. The zero-order chi connectivity index (χ0) is 62.4. The molecule has 17 nitrogen and oxygen atoms in total. The average molecular weight is 1240 g/mol. The smallest absolute Gasteiger partial charge is 0.462 e. The molecule has 0 aromatic rings. The topological polar surface area (TPSA) is 237 Å². The van der Waals surface area contributed by atoms with Gasteiger partial charge in [-0.2, -0.15) is 0 Å². The zero-order valence-corrected chi connectivity index (χ0v) is 56.1. The van der Waals surface area contributed by atoms with Gasteiger partial charge >= 0.3 is 39.5 Å². The fourth-order valence-electron chi connectivity index (χ4n) is 9.62. The van der Waals surface area contributed by atoms with E-state index in [-0.39, 0.29) is 25.7 Å². The van der Waals surface area contributed by atoms with Crippen molar-refractivity contribution in [3.63, 3.8) is 0 Å². The molecule has 498 valence electrons. The van der Waals surface area contributed by atoms with Crippen LogP contribution in [0.5, 0.6) is 0 Å². The predicted octanol–water partition coefficient (Wildman–Crippen LogP) is 17.9. The summed E-state index contributed by atoms with van der Waals surface area (Å²) in [7, 11) is -9.88. The Morgan fingerprint density at radius 2 is 0.607 bits per heavy atom. The largest absolute Gasteiger partial charge is 0.472 e. The Hall–Kier alpha value is -1.94. The third-order valence-corrected chi connectivity index (χ3v) is 17.1. The molecule has 6 atom stereocenters. The number of hydrogen-bond donors (Lipinski definition) is 3. The van der Waals surface area contributed by atoms with Crippen LogP contribution in [0.2, 0.25) is 0 Å². The number of unbranched alkanes of at least 4 members (excludes halogenated alkanes) is 30. The molecule has 0 aromatic carbocycles. The fraction of sp³-hybridized carbons (Fsp3) is 0.938. The number of phosphoric ester groups is 2. The molecule has 84 heavy (non-hydrogen) atoms. The summed E-state index contributed by atoms with van der Waals surface area (Å²) < 4.78 is 67.8. The highest BCUT2D eigenvalue weighted by atomic mass is 31.2. The predicted molar refractivity (Wildman–Crippen MR) is 335 cm³/mol. The summed E-state index contributed by atoms with van der Waals surface area (Å²) >= 11 is 0. The van der Waals surface area contributed by atoms with Crippen LogP contribution >= 0.6 is 15.6 Å². The Morgan fingerprint density at radius 1 is 0.345 bits per heavy atom. The second-order valence-electron chi connectivity index (χ2n) is 24.7. The SMILES string of the molecule is CCCCCCCC(=O)OC[C@H](COP(=O)(O)OC[C@H](O)COP(=O)(O)OC[C@@H](COC(=O)CCCCCCCCCC(C)C)OC(=O)CCCCCCCCCCCCCCCCCCC(C)C)OC(=O)CCCCCCCCC(C)CC. The molecule has 0 saturated heterocycles. The van der Waals surface area contributed by atoms with E-state index in [0.717, 1.165) is 115 Å². The summed E-state index contributed by atoms with van der Waals surface area (Å²) in [5.74, 6) is 0.0862. The van der Waals surface area contributed by atoms with Crippen molar-refractivity contribution in [2.45, 2.75) is 336 Å². The molecular formula is C65H126O17P2. The monoisotopic (exact) mass is 1240 g/mol. The van der Waals surface area contributed by atoms with E-state index in [2.05, 4.69) is 48.5 Å². The summed E-state index contributed by atoms with van der Waals surface area (Å²) in [5, 5.41) is 10.5. The lowest BCUT2D eigenvalue weighted by atomic mass is 10.00. The highest BCUT2D eigenvalue weighted by molar-refractivity contribution is 7.47. The van der Waals surface area contributed by atoms with Crippen LogP contribution in [-0.4, -0.2) is 96.7 Å². The maximum atomic E-state index is 13.0. The van der Waals surface area contributed by atoms with E-state index in [4.69, 9.17) is 37.0 Å². The molecule has 0 bridgehead atoms. The van der Waals surface area contributed by atoms with E-state index in [9.17, 15) is 43.2 Å². The summed E-state index contributed by atoms with van der Waals surface area (Å²) in [5.41, 5.74) is 0. The highest BCUT2D eigenvalue weighted by Crippen LogP contribution is 2.45. The molecule has 0 rings (SSSR count). The third kappa shape index (κ3) is 57.8. The van der Waals surface area contributed by atoms with Crippen LogP contribution < -0.4 is 0 Å². The first kappa shape index (κ1) is 82.1. The fourth-order valence-corrected chi connectivity index (χ4v) is 11.2. The molecule has 0 aliphatic heterocycles. The van der Waals surface area contributed by atoms with Gasteiger partial charge in [-0.15, -0.1) is 0 Å². The van der Waals surface area contributed by atoms with Crippen molar-refractivity contribution in [1.29, 1.82) is 0 Å². The van der Waals surface area contributed by atoms with Gasteiger partial charge in [0.2, 0.25) is 0 Å². The number of phosphoric acid groups is 2. The van der Waals surface area contributed by atoms with Crippen molar-refractivity contribution >= 4 is 39.5 Å². The third-order valence-electron chi connectivity index (χ3n) is 15.2. The van der Waals surface area contributed by atoms with Crippen LogP contribution in [0, 0.1) is 17.8 Å². The van der Waals surface area contributed by atoms with E-state index in [1.54, 1.807) is 0 Å². The molecule has 0 aromatic heterocycles. The van der Waals surface area contributed by atoms with Gasteiger partial charge in [0.1, 0.15) is 19.3 Å². The van der Waals surface area contributed by atoms with Gasteiger partial charge in [0.05, 0.1) is 26.4 Å². The van der Waals surface area contributed by atoms with Crippen molar-refractivity contribution in [1.82, 2.24) is 0 Å². The molecule has 0 amide bonds. The first-order valence-corrected chi connectivity index (χ1v) is 36.9. The maximum Gasteiger partial charge on any atom is 0.472 e. The Kier molecular flexibility index (Phi) is 55.0. The normalized spacial score (nSPS) is 14.7. The van der Waals surface area contributed by atoms with Crippen LogP contribution in [0.15, 0.2) is 0 Å².